The minimum absolute atomic E-state index is 0. The molecular formula is C70H74F6N2O14S. The van der Waals surface area contributed by atoms with Crippen molar-refractivity contribution in [1.82, 2.24) is 9.13 Å². The molecule has 0 radical (unpaired) electrons. The second-order valence-electron chi connectivity index (χ2n) is 21.1. The number of phenolic OH excluding ortho intramolecular Hbond substituents is 1. The van der Waals surface area contributed by atoms with Crippen molar-refractivity contribution >= 4 is 55.2 Å². The molecule has 93 heavy (non-hydrogen) atoms. The first kappa shape index (κ1) is 74.1. The standard InChI is InChI=1S/C32H32F3NO6.C24H18F3NO4.C12H16O4S.2CH4/c1-6-28(31(38)40-18-19(2)3)41-24-9-7-8-22(16-24)36-20(4)29(30(37)21-10-12-23(39-5)13-11-21)26-15-14-25(17-27(26)36)42-32(33,34)35;1-14-22(23(30)15-6-8-18(31-2)9-7-15)20-11-10-19(32-24(25,26)27)13-21(20)28(14)16-4-3-5-17(29)12-16;1-4-12(10(3)13)16-17(14,15)11-7-5-9(2)6-8-11;;/h7-17,19,28H,6,18H2,1-5H3;3-13,29H,1-2H3;5-8,12H,4H2,1-3H3;2*1H4/t28-;;12-;;/m1.0../s1. The minimum atomic E-state index is -4.89. The second-order valence-corrected chi connectivity index (χ2v) is 22.7. The number of ether oxygens (including phenoxy) is 6. The predicted molar refractivity (Wildman–Crippen MR) is 342 cm³/mol. The van der Waals surface area contributed by atoms with Crippen molar-refractivity contribution < 1.29 is 91.6 Å². The summed E-state index contributed by atoms with van der Waals surface area (Å²) in [5.41, 5.74) is 5.09. The number of esters is 1. The van der Waals surface area contributed by atoms with Crippen LogP contribution >= 0.6 is 0 Å². The fourth-order valence-corrected chi connectivity index (χ4v) is 10.8. The number of halogens is 6. The summed E-state index contributed by atoms with van der Waals surface area (Å²) in [5, 5.41) is 10.8. The number of carbonyl (C=O) groups excluding carboxylic acids is 4. The number of rotatable bonds is 21. The van der Waals surface area contributed by atoms with Gasteiger partial charge in [-0.05, 0) is 156 Å². The summed E-state index contributed by atoms with van der Waals surface area (Å²) in [6, 6.07) is 40.1. The SMILES string of the molecule is C.C.CC[C@@H](Oc1cccc(-n2c(C)c(C(=O)c3ccc(OC)cc3)c3ccc(OC(F)(F)F)cc32)c1)C(=O)OCC(C)C.CC[C@H](OS(=O)(=O)c1ccc(C)cc1)C(C)=O.COc1ccc(C(=O)c2c(C)n(-c3cccc(O)c3)c3cc(OC(F)(F)F)ccc23)cc1. The number of hydrogen-bond donors (Lipinski definition) is 1. The van der Waals surface area contributed by atoms with Gasteiger partial charge in [0, 0.05) is 68.9 Å². The number of aromatic hydroxyl groups is 1. The average molecular weight is 1310 g/mol. The van der Waals surface area contributed by atoms with E-state index in [0.717, 1.165) is 5.56 Å². The van der Waals surface area contributed by atoms with Gasteiger partial charge in [-0.2, -0.15) is 8.42 Å². The topological polar surface area (TPSA) is 197 Å². The molecule has 0 spiro atoms. The third-order valence-corrected chi connectivity index (χ3v) is 15.3. The van der Waals surface area contributed by atoms with Crippen LogP contribution in [0.25, 0.3) is 33.2 Å². The third kappa shape index (κ3) is 18.8. The summed E-state index contributed by atoms with van der Waals surface area (Å²) in [7, 11) is -0.818. The number of phenols is 1. The van der Waals surface area contributed by atoms with Crippen molar-refractivity contribution in [2.24, 2.45) is 5.92 Å². The van der Waals surface area contributed by atoms with Gasteiger partial charge in [0.25, 0.3) is 10.1 Å². The highest BCUT2D eigenvalue weighted by Gasteiger charge is 2.34. The first-order chi connectivity index (χ1) is 43.0. The highest BCUT2D eigenvalue weighted by Crippen LogP contribution is 2.38. The van der Waals surface area contributed by atoms with Crippen LogP contribution in [0.1, 0.15) is 111 Å². The molecule has 16 nitrogen and oxygen atoms in total. The van der Waals surface area contributed by atoms with Gasteiger partial charge >= 0.3 is 18.7 Å². The third-order valence-electron chi connectivity index (χ3n) is 14.0. The molecule has 0 fully saturated rings. The Morgan fingerprint density at radius 3 is 1.38 bits per heavy atom. The van der Waals surface area contributed by atoms with Crippen LogP contribution in [0.4, 0.5) is 26.3 Å². The number of nitrogens with zero attached hydrogens (tertiary/aromatic N) is 2. The molecule has 1 N–H and O–H groups in total. The Bertz CT molecular complexity index is 4180. The van der Waals surface area contributed by atoms with Gasteiger partial charge < -0.3 is 42.7 Å². The molecule has 23 heteroatoms. The maximum absolute atomic E-state index is 13.7. The van der Waals surface area contributed by atoms with Crippen molar-refractivity contribution in [2.45, 2.75) is 113 Å². The van der Waals surface area contributed by atoms with E-state index >= 15 is 0 Å². The van der Waals surface area contributed by atoms with Crippen molar-refractivity contribution in [3.63, 3.8) is 0 Å². The van der Waals surface area contributed by atoms with Gasteiger partial charge in [-0.25, -0.2) is 4.79 Å². The lowest BCUT2D eigenvalue weighted by Crippen LogP contribution is -2.29. The fraction of sp³-hybridized carbons (Fsp3) is 0.286. The van der Waals surface area contributed by atoms with Crippen molar-refractivity contribution in [3.05, 3.63) is 197 Å². The van der Waals surface area contributed by atoms with Crippen LogP contribution in [0.5, 0.6) is 34.5 Å². The quantitative estimate of drug-likeness (QED) is 0.0308. The summed E-state index contributed by atoms with van der Waals surface area (Å²) in [6.07, 6.45) is -10.8. The zero-order chi connectivity index (χ0) is 66.7. The molecule has 496 valence electrons. The molecule has 0 amide bonds. The van der Waals surface area contributed by atoms with E-state index in [4.69, 9.17) is 23.1 Å². The molecule has 9 aromatic rings. The normalized spacial score (nSPS) is 12.0. The largest absolute Gasteiger partial charge is 0.573 e. The molecule has 0 aliphatic rings. The maximum atomic E-state index is 13.7. The number of methoxy groups -OCH3 is 2. The Morgan fingerprint density at radius 1 is 0.548 bits per heavy atom. The average Bonchev–Trinajstić information content (AvgIpc) is 1.61. The van der Waals surface area contributed by atoms with Gasteiger partial charge in [0.05, 0.1) is 47.9 Å². The van der Waals surface area contributed by atoms with Gasteiger partial charge in [-0.1, -0.05) is 72.4 Å². The molecule has 7 aromatic carbocycles. The summed E-state index contributed by atoms with van der Waals surface area (Å²) in [6.45, 7) is 14.2. The molecule has 0 aliphatic carbocycles. The van der Waals surface area contributed by atoms with Crippen LogP contribution in [0, 0.1) is 26.7 Å². The summed E-state index contributed by atoms with van der Waals surface area (Å²) >= 11 is 0. The van der Waals surface area contributed by atoms with Crippen LogP contribution < -0.4 is 23.7 Å². The number of benzene rings is 7. The number of aryl methyl sites for hydroxylation is 1. The lowest BCUT2D eigenvalue weighted by molar-refractivity contribution is -0.275. The molecule has 0 unspecified atom stereocenters. The Hall–Kier alpha value is -9.61. The van der Waals surface area contributed by atoms with Crippen LogP contribution in [0.2, 0.25) is 0 Å². The van der Waals surface area contributed by atoms with Crippen molar-refractivity contribution in [2.75, 3.05) is 20.8 Å². The van der Waals surface area contributed by atoms with Crippen molar-refractivity contribution in [3.8, 4) is 45.9 Å². The molecule has 0 saturated heterocycles. The first-order valence-electron chi connectivity index (χ1n) is 28.4. The zero-order valence-electron chi connectivity index (χ0n) is 51.2. The molecule has 2 atom stereocenters. The molecule has 0 saturated carbocycles. The second kappa shape index (κ2) is 31.6. The number of ketones is 3. The highest BCUT2D eigenvalue weighted by atomic mass is 32.2. The lowest BCUT2D eigenvalue weighted by Gasteiger charge is -2.18. The molecule has 2 aromatic heterocycles. The minimum Gasteiger partial charge on any atom is -0.508 e. The Morgan fingerprint density at radius 2 is 0.978 bits per heavy atom. The number of Topliss-reactive ketones (excluding diaryl/α,β-unsaturated/α-hetero) is 1. The smallest absolute Gasteiger partial charge is 0.508 e. The van der Waals surface area contributed by atoms with E-state index in [1.54, 1.807) is 134 Å². The number of fused-ring (bicyclic) bond motifs is 2. The van der Waals surface area contributed by atoms with E-state index in [-0.39, 0.29) is 55.4 Å². The van der Waals surface area contributed by atoms with E-state index in [2.05, 4.69) is 9.47 Å². The van der Waals surface area contributed by atoms with Crippen LogP contribution in [0.15, 0.2) is 163 Å². The number of hydrogen-bond acceptors (Lipinski definition) is 14. The lowest BCUT2D eigenvalue weighted by atomic mass is 10.0. The van der Waals surface area contributed by atoms with E-state index in [1.165, 1.54) is 81.8 Å². The van der Waals surface area contributed by atoms with Crippen molar-refractivity contribution in [1.29, 1.82) is 0 Å². The van der Waals surface area contributed by atoms with E-state index in [0.29, 0.717) is 96.9 Å². The molecule has 0 bridgehead atoms. The first-order valence-corrected chi connectivity index (χ1v) is 29.8. The van der Waals surface area contributed by atoms with E-state index in [1.807, 2.05) is 20.8 Å². The Kier molecular flexibility index (Phi) is 25.2. The molecular weight excluding hydrogens is 1240 g/mol. The predicted octanol–water partition coefficient (Wildman–Crippen LogP) is 16.6. The Labute approximate surface area is 536 Å². The number of alkyl halides is 6. The highest BCUT2D eigenvalue weighted by molar-refractivity contribution is 7.86. The maximum Gasteiger partial charge on any atom is 0.573 e. The fourth-order valence-electron chi connectivity index (χ4n) is 9.67. The van der Waals surface area contributed by atoms with Gasteiger partial charge in [0.15, 0.2) is 23.5 Å². The van der Waals surface area contributed by atoms with Crippen LogP contribution in [0.3, 0.4) is 0 Å². The van der Waals surface area contributed by atoms with Gasteiger partial charge in [-0.3, -0.25) is 18.6 Å². The van der Waals surface area contributed by atoms with Gasteiger partial charge in [-0.15, -0.1) is 26.3 Å². The molecule has 9 rings (SSSR count). The summed E-state index contributed by atoms with van der Waals surface area (Å²) in [5.74, 6) is -0.541. The number of carbonyl (C=O) groups is 4. The van der Waals surface area contributed by atoms with Crippen LogP contribution in [-0.4, -0.2) is 91.7 Å². The number of aromatic nitrogens is 2. The molecule has 0 aliphatic heterocycles. The zero-order valence-corrected chi connectivity index (χ0v) is 52.0. The van der Waals surface area contributed by atoms with Gasteiger partial charge in [0.1, 0.15) is 40.6 Å². The summed E-state index contributed by atoms with van der Waals surface area (Å²) < 4.78 is 139. The van der Waals surface area contributed by atoms with E-state index in [9.17, 15) is 59.0 Å². The van der Waals surface area contributed by atoms with E-state index < -0.39 is 52.5 Å². The summed E-state index contributed by atoms with van der Waals surface area (Å²) in [4.78, 5) is 50.9. The van der Waals surface area contributed by atoms with Gasteiger partial charge in [0.2, 0.25) is 0 Å². The Balaban J connectivity index is 0.000000272. The monoisotopic (exact) mass is 1310 g/mol. The molecule has 2 heterocycles. The van der Waals surface area contributed by atoms with Crippen LogP contribution in [-0.2, 0) is 28.6 Å².